The maximum atomic E-state index is 5.53. The van der Waals surface area contributed by atoms with Crippen LogP contribution in [0.2, 0.25) is 0 Å². The first kappa shape index (κ1) is 15.8. The monoisotopic (exact) mass is 294 g/mol. The van der Waals surface area contributed by atoms with Crippen LogP contribution >= 0.6 is 0 Å². The number of rotatable bonds is 5. The Kier molecular flexibility index (Phi) is 5.17. The number of nitrogens with one attached hydrogen (secondary N) is 2. The molecule has 1 aromatic rings. The molecule has 1 heterocycles. The van der Waals surface area contributed by atoms with Gasteiger partial charge in [0.25, 0.3) is 0 Å². The fraction of sp³-hybridized carbons (Fsp3) is 0.786. The minimum atomic E-state index is 0.000304. The lowest BCUT2D eigenvalue weighted by Crippen LogP contribution is -2.34. The molecule has 1 aliphatic carbocycles. The first-order chi connectivity index (χ1) is 9.97. The summed E-state index contributed by atoms with van der Waals surface area (Å²) in [6, 6.07) is 0.661. The van der Waals surface area contributed by atoms with Crippen molar-refractivity contribution in [3.8, 4) is 6.01 Å². The van der Waals surface area contributed by atoms with Gasteiger partial charge in [-0.1, -0.05) is 13.8 Å². The highest BCUT2D eigenvalue weighted by Gasteiger charge is 2.26. The third-order valence-electron chi connectivity index (χ3n) is 3.83. The smallest absolute Gasteiger partial charge is 0.323 e. The van der Waals surface area contributed by atoms with E-state index in [1.165, 1.54) is 12.8 Å². The number of hydrazine groups is 1. The number of nitrogen functional groups attached to an aromatic ring is 1. The number of nitrogens with zero attached hydrogens (tertiary/aromatic N) is 3. The van der Waals surface area contributed by atoms with Crippen LogP contribution in [-0.2, 0) is 0 Å². The van der Waals surface area contributed by atoms with Crippen molar-refractivity contribution in [3.05, 3.63) is 0 Å². The SMILES string of the molecule is CC1CCC(Nc2nc(NN)nc(OC(C)C)n2)C(C)C1. The fourth-order valence-corrected chi connectivity index (χ4v) is 2.79. The number of anilines is 2. The van der Waals surface area contributed by atoms with E-state index >= 15 is 0 Å². The van der Waals surface area contributed by atoms with Crippen LogP contribution in [0.3, 0.4) is 0 Å². The first-order valence-corrected chi connectivity index (χ1v) is 7.63. The van der Waals surface area contributed by atoms with Gasteiger partial charge in [0, 0.05) is 6.04 Å². The highest BCUT2D eigenvalue weighted by Crippen LogP contribution is 2.30. The Morgan fingerprint density at radius 1 is 1.14 bits per heavy atom. The van der Waals surface area contributed by atoms with Crippen molar-refractivity contribution in [1.82, 2.24) is 15.0 Å². The molecule has 7 heteroatoms. The maximum Gasteiger partial charge on any atom is 0.323 e. The van der Waals surface area contributed by atoms with E-state index in [0.717, 1.165) is 12.3 Å². The summed E-state index contributed by atoms with van der Waals surface area (Å²) < 4.78 is 5.53. The van der Waals surface area contributed by atoms with Gasteiger partial charge in [0.15, 0.2) is 0 Å². The Labute approximate surface area is 126 Å². The average Bonchev–Trinajstić information content (AvgIpc) is 2.41. The Balaban J connectivity index is 2.11. The molecule has 1 aliphatic rings. The molecule has 21 heavy (non-hydrogen) atoms. The molecule has 2 rings (SSSR count). The Hall–Kier alpha value is -1.63. The van der Waals surface area contributed by atoms with E-state index in [2.05, 4.69) is 39.5 Å². The van der Waals surface area contributed by atoms with E-state index in [1.54, 1.807) is 0 Å². The van der Waals surface area contributed by atoms with Crippen molar-refractivity contribution >= 4 is 11.9 Å². The van der Waals surface area contributed by atoms with Gasteiger partial charge < -0.3 is 10.1 Å². The number of nitrogens with two attached hydrogens (primary N) is 1. The van der Waals surface area contributed by atoms with Crippen LogP contribution < -0.4 is 21.3 Å². The molecule has 1 aromatic heterocycles. The minimum absolute atomic E-state index is 0.000304. The Morgan fingerprint density at radius 2 is 1.86 bits per heavy atom. The van der Waals surface area contributed by atoms with Crippen LogP contribution in [0, 0.1) is 11.8 Å². The van der Waals surface area contributed by atoms with Crippen LogP contribution in [0.15, 0.2) is 0 Å². The molecular formula is C14H26N6O. The second-order valence-corrected chi connectivity index (χ2v) is 6.22. The van der Waals surface area contributed by atoms with E-state index in [-0.39, 0.29) is 12.1 Å². The zero-order valence-corrected chi connectivity index (χ0v) is 13.3. The average molecular weight is 294 g/mol. The minimum Gasteiger partial charge on any atom is -0.461 e. The molecular weight excluding hydrogens is 268 g/mol. The molecule has 0 saturated heterocycles. The van der Waals surface area contributed by atoms with Crippen molar-refractivity contribution in [1.29, 1.82) is 0 Å². The second kappa shape index (κ2) is 6.89. The molecule has 0 spiro atoms. The van der Waals surface area contributed by atoms with E-state index in [4.69, 9.17) is 10.6 Å². The molecule has 7 nitrogen and oxygen atoms in total. The largest absolute Gasteiger partial charge is 0.461 e. The number of hydrogen-bond acceptors (Lipinski definition) is 7. The first-order valence-electron chi connectivity index (χ1n) is 7.63. The van der Waals surface area contributed by atoms with Gasteiger partial charge >= 0.3 is 6.01 Å². The second-order valence-electron chi connectivity index (χ2n) is 6.22. The summed E-state index contributed by atoms with van der Waals surface area (Å²) in [5.41, 5.74) is 2.45. The van der Waals surface area contributed by atoms with Crippen LogP contribution in [0.1, 0.15) is 47.0 Å². The van der Waals surface area contributed by atoms with Crippen molar-refractivity contribution in [3.63, 3.8) is 0 Å². The van der Waals surface area contributed by atoms with E-state index < -0.39 is 0 Å². The van der Waals surface area contributed by atoms with E-state index in [1.807, 2.05) is 13.8 Å². The number of hydrogen-bond donors (Lipinski definition) is 3. The van der Waals surface area contributed by atoms with Crippen LogP contribution in [0.4, 0.5) is 11.9 Å². The zero-order valence-electron chi connectivity index (χ0n) is 13.3. The zero-order chi connectivity index (χ0) is 15.4. The molecule has 3 unspecified atom stereocenters. The van der Waals surface area contributed by atoms with Gasteiger partial charge in [0.05, 0.1) is 6.10 Å². The van der Waals surface area contributed by atoms with Crippen LogP contribution in [-0.4, -0.2) is 27.1 Å². The predicted molar refractivity (Wildman–Crippen MR) is 83.0 cm³/mol. The van der Waals surface area contributed by atoms with Gasteiger partial charge in [-0.05, 0) is 44.9 Å². The van der Waals surface area contributed by atoms with E-state index in [0.29, 0.717) is 23.9 Å². The Bertz CT molecular complexity index is 467. The van der Waals surface area contributed by atoms with Gasteiger partial charge in [-0.25, -0.2) is 5.84 Å². The predicted octanol–water partition coefficient (Wildman–Crippen LogP) is 2.18. The molecule has 3 atom stereocenters. The summed E-state index contributed by atoms with van der Waals surface area (Å²) in [6.45, 7) is 8.43. The molecule has 0 radical (unpaired) electrons. The lowest BCUT2D eigenvalue weighted by atomic mass is 9.80. The van der Waals surface area contributed by atoms with Crippen LogP contribution in [0.25, 0.3) is 0 Å². The summed E-state index contributed by atoms with van der Waals surface area (Å²) in [5.74, 6) is 7.61. The number of aromatic nitrogens is 3. The highest BCUT2D eigenvalue weighted by molar-refractivity contribution is 5.36. The van der Waals surface area contributed by atoms with Crippen molar-refractivity contribution in [2.24, 2.45) is 17.7 Å². The third-order valence-corrected chi connectivity index (χ3v) is 3.83. The number of ether oxygens (including phenoxy) is 1. The molecule has 0 amide bonds. The lowest BCUT2D eigenvalue weighted by Gasteiger charge is -2.33. The van der Waals surface area contributed by atoms with Crippen molar-refractivity contribution < 1.29 is 4.74 Å². The van der Waals surface area contributed by atoms with Crippen molar-refractivity contribution in [2.75, 3.05) is 10.7 Å². The molecule has 1 fully saturated rings. The summed E-state index contributed by atoms with van der Waals surface area (Å²) in [4.78, 5) is 12.7. The van der Waals surface area contributed by atoms with Gasteiger partial charge in [0.1, 0.15) is 0 Å². The quantitative estimate of drug-likeness (QED) is 0.565. The standard InChI is InChI=1S/C14H26N6O/c1-8(2)21-14-18-12(17-13(19-14)20-15)16-11-6-5-9(3)7-10(11)4/h8-11H,5-7,15H2,1-4H3,(H2,16,17,18,19,20). The van der Waals surface area contributed by atoms with Gasteiger partial charge in [-0.2, -0.15) is 15.0 Å². The fourth-order valence-electron chi connectivity index (χ4n) is 2.79. The third kappa shape index (κ3) is 4.42. The summed E-state index contributed by atoms with van der Waals surface area (Å²) in [6.07, 6.45) is 3.57. The summed E-state index contributed by atoms with van der Waals surface area (Å²) in [5, 5.41) is 3.40. The molecule has 0 aliphatic heterocycles. The lowest BCUT2D eigenvalue weighted by molar-refractivity contribution is 0.222. The molecule has 1 saturated carbocycles. The summed E-state index contributed by atoms with van der Waals surface area (Å²) in [7, 11) is 0. The van der Waals surface area contributed by atoms with E-state index in [9.17, 15) is 0 Å². The Morgan fingerprint density at radius 3 is 2.48 bits per heavy atom. The van der Waals surface area contributed by atoms with Gasteiger partial charge in [-0.3, -0.25) is 5.43 Å². The summed E-state index contributed by atoms with van der Waals surface area (Å²) >= 11 is 0. The van der Waals surface area contributed by atoms with Crippen molar-refractivity contribution in [2.45, 2.75) is 59.1 Å². The van der Waals surface area contributed by atoms with Gasteiger partial charge in [0.2, 0.25) is 11.9 Å². The molecule has 4 N–H and O–H groups in total. The van der Waals surface area contributed by atoms with Gasteiger partial charge in [-0.15, -0.1) is 0 Å². The topological polar surface area (TPSA) is 98.0 Å². The van der Waals surface area contributed by atoms with Crippen LogP contribution in [0.5, 0.6) is 6.01 Å². The molecule has 118 valence electrons. The highest BCUT2D eigenvalue weighted by atomic mass is 16.5. The molecule has 0 aromatic carbocycles. The normalized spacial score (nSPS) is 25.7. The molecule has 0 bridgehead atoms. The maximum absolute atomic E-state index is 5.53.